The van der Waals surface area contributed by atoms with E-state index in [9.17, 15) is 4.79 Å². The molecule has 1 aromatic carbocycles. The molecule has 0 radical (unpaired) electrons. The van der Waals surface area contributed by atoms with Gasteiger partial charge >= 0.3 is 5.97 Å². The predicted octanol–water partition coefficient (Wildman–Crippen LogP) is 4.63. The van der Waals surface area contributed by atoms with Crippen LogP contribution in [0.3, 0.4) is 0 Å². The van der Waals surface area contributed by atoms with Crippen molar-refractivity contribution in [1.82, 2.24) is 4.98 Å². The average molecular weight is 323 g/mol. The standard InChI is InChI=1S/C15H15ClN2O2S/c1-3-20-15(19)11-8-17-14(21)12(16)13(11)18-10-6-4-5-9(2)7-10/h4-8H,3H2,1-2H3,(H2,17,18,21). The second kappa shape index (κ2) is 6.74. The Labute approximate surface area is 133 Å². The van der Waals surface area contributed by atoms with Crippen LogP contribution in [0.4, 0.5) is 11.4 Å². The zero-order chi connectivity index (χ0) is 15.4. The van der Waals surface area contributed by atoms with E-state index in [-0.39, 0.29) is 11.6 Å². The van der Waals surface area contributed by atoms with Crippen molar-refractivity contribution >= 4 is 41.2 Å². The maximum atomic E-state index is 12.0. The normalized spacial score (nSPS) is 10.2. The van der Waals surface area contributed by atoms with Gasteiger partial charge in [-0.25, -0.2) is 4.79 Å². The molecule has 21 heavy (non-hydrogen) atoms. The minimum absolute atomic E-state index is 0.288. The molecule has 0 aliphatic carbocycles. The Morgan fingerprint density at radius 1 is 1.48 bits per heavy atom. The van der Waals surface area contributed by atoms with Gasteiger partial charge in [0.05, 0.1) is 17.3 Å². The van der Waals surface area contributed by atoms with E-state index in [1.807, 2.05) is 31.2 Å². The van der Waals surface area contributed by atoms with Gasteiger partial charge in [-0.05, 0) is 31.5 Å². The second-order valence-electron chi connectivity index (χ2n) is 4.44. The molecule has 6 heteroatoms. The molecule has 4 nitrogen and oxygen atoms in total. The van der Waals surface area contributed by atoms with Crippen LogP contribution in [0, 0.1) is 11.6 Å². The van der Waals surface area contributed by atoms with Gasteiger partial charge in [-0.3, -0.25) is 0 Å². The molecule has 2 rings (SSSR count). The van der Waals surface area contributed by atoms with Gasteiger partial charge in [0.15, 0.2) is 0 Å². The summed E-state index contributed by atoms with van der Waals surface area (Å²) in [5.41, 5.74) is 2.68. The zero-order valence-corrected chi connectivity index (χ0v) is 13.3. The molecular weight excluding hydrogens is 308 g/mol. The molecule has 0 unspecified atom stereocenters. The number of aromatic nitrogens is 1. The molecule has 0 aliphatic heterocycles. The van der Waals surface area contributed by atoms with Gasteiger partial charge < -0.3 is 15.0 Å². The fourth-order valence-corrected chi connectivity index (χ4v) is 2.23. The van der Waals surface area contributed by atoms with Gasteiger partial charge in [-0.1, -0.05) is 36.0 Å². The Hall–Kier alpha value is -1.85. The topological polar surface area (TPSA) is 54.1 Å². The third-order valence-electron chi connectivity index (χ3n) is 2.82. The van der Waals surface area contributed by atoms with E-state index in [1.165, 1.54) is 6.20 Å². The Bertz CT molecular complexity index is 728. The highest BCUT2D eigenvalue weighted by atomic mass is 35.5. The van der Waals surface area contributed by atoms with Gasteiger partial charge in [0.1, 0.15) is 10.2 Å². The lowest BCUT2D eigenvalue weighted by Gasteiger charge is -2.13. The van der Waals surface area contributed by atoms with Crippen molar-refractivity contribution in [3.8, 4) is 0 Å². The smallest absolute Gasteiger partial charge is 0.341 e. The Morgan fingerprint density at radius 2 is 2.24 bits per heavy atom. The summed E-state index contributed by atoms with van der Waals surface area (Å²) in [5.74, 6) is -0.458. The van der Waals surface area contributed by atoms with Gasteiger partial charge in [0, 0.05) is 11.9 Å². The van der Waals surface area contributed by atoms with E-state index in [0.717, 1.165) is 11.3 Å². The number of esters is 1. The van der Waals surface area contributed by atoms with Crippen LogP contribution in [0.25, 0.3) is 0 Å². The van der Waals surface area contributed by atoms with Crippen molar-refractivity contribution in [3.05, 3.63) is 51.3 Å². The van der Waals surface area contributed by atoms with Crippen LogP contribution in [-0.4, -0.2) is 17.6 Å². The molecule has 0 saturated heterocycles. The molecule has 1 aromatic heterocycles. The summed E-state index contributed by atoms with van der Waals surface area (Å²) in [6.07, 6.45) is 1.50. The quantitative estimate of drug-likeness (QED) is 0.636. The van der Waals surface area contributed by atoms with E-state index < -0.39 is 5.97 Å². The van der Waals surface area contributed by atoms with E-state index in [2.05, 4.69) is 10.3 Å². The number of anilines is 2. The second-order valence-corrected chi connectivity index (χ2v) is 5.22. The van der Waals surface area contributed by atoms with E-state index in [1.54, 1.807) is 6.92 Å². The Morgan fingerprint density at radius 3 is 2.90 bits per heavy atom. The lowest BCUT2D eigenvalue weighted by atomic mass is 10.2. The molecule has 0 spiro atoms. The van der Waals surface area contributed by atoms with E-state index in [0.29, 0.717) is 15.9 Å². The Balaban J connectivity index is 2.47. The lowest BCUT2D eigenvalue weighted by molar-refractivity contribution is 0.0527. The number of carbonyl (C=O) groups excluding carboxylic acids is 1. The summed E-state index contributed by atoms with van der Waals surface area (Å²) in [6.45, 7) is 4.02. The summed E-state index contributed by atoms with van der Waals surface area (Å²) in [6, 6.07) is 7.73. The fraction of sp³-hybridized carbons (Fsp3) is 0.200. The monoisotopic (exact) mass is 322 g/mol. The molecule has 0 fully saturated rings. The Kier molecular flexibility index (Phi) is 4.98. The number of nitrogens with one attached hydrogen (secondary N) is 2. The van der Waals surface area contributed by atoms with Crippen molar-refractivity contribution in [3.63, 3.8) is 0 Å². The van der Waals surface area contributed by atoms with Gasteiger partial charge in [0.25, 0.3) is 0 Å². The highest BCUT2D eigenvalue weighted by molar-refractivity contribution is 7.71. The summed E-state index contributed by atoms with van der Waals surface area (Å²) in [4.78, 5) is 14.8. The molecule has 0 amide bonds. The largest absolute Gasteiger partial charge is 0.462 e. The van der Waals surface area contributed by atoms with Crippen molar-refractivity contribution in [2.24, 2.45) is 0 Å². The SMILES string of the molecule is CCOC(=O)c1c[nH]c(=S)c(Cl)c1Nc1cccc(C)c1. The fourth-order valence-electron chi connectivity index (χ4n) is 1.86. The van der Waals surface area contributed by atoms with Crippen LogP contribution >= 0.6 is 23.8 Å². The maximum absolute atomic E-state index is 12.0. The number of ether oxygens (including phenoxy) is 1. The zero-order valence-electron chi connectivity index (χ0n) is 11.7. The first kappa shape index (κ1) is 15.5. The van der Waals surface area contributed by atoms with Gasteiger partial charge in [-0.2, -0.15) is 0 Å². The van der Waals surface area contributed by atoms with E-state index in [4.69, 9.17) is 28.6 Å². The van der Waals surface area contributed by atoms with Crippen molar-refractivity contribution in [2.45, 2.75) is 13.8 Å². The number of carbonyl (C=O) groups is 1. The van der Waals surface area contributed by atoms with Gasteiger partial charge in [-0.15, -0.1) is 0 Å². The third-order valence-corrected chi connectivity index (χ3v) is 3.63. The van der Waals surface area contributed by atoms with Crippen LogP contribution in [-0.2, 0) is 4.74 Å². The number of pyridine rings is 1. The summed E-state index contributed by atoms with van der Waals surface area (Å²) in [5, 5.41) is 3.43. The van der Waals surface area contributed by atoms with Crippen molar-refractivity contribution in [2.75, 3.05) is 11.9 Å². The first-order chi connectivity index (χ1) is 10.0. The van der Waals surface area contributed by atoms with Crippen LogP contribution in [0.1, 0.15) is 22.8 Å². The molecule has 110 valence electrons. The lowest BCUT2D eigenvalue weighted by Crippen LogP contribution is -2.09. The van der Waals surface area contributed by atoms with Crippen LogP contribution in [0.5, 0.6) is 0 Å². The molecule has 2 aromatic rings. The number of rotatable bonds is 4. The molecular formula is C15H15ClN2O2S. The number of benzene rings is 1. The summed E-state index contributed by atoms with van der Waals surface area (Å²) >= 11 is 11.3. The van der Waals surface area contributed by atoms with Crippen molar-refractivity contribution < 1.29 is 9.53 Å². The molecule has 0 aliphatic rings. The first-order valence-electron chi connectivity index (χ1n) is 6.45. The highest BCUT2D eigenvalue weighted by Crippen LogP contribution is 2.30. The highest BCUT2D eigenvalue weighted by Gasteiger charge is 2.17. The maximum Gasteiger partial charge on any atom is 0.341 e. The van der Waals surface area contributed by atoms with Crippen LogP contribution in [0.2, 0.25) is 5.02 Å². The van der Waals surface area contributed by atoms with Gasteiger partial charge in [0.2, 0.25) is 0 Å². The first-order valence-corrected chi connectivity index (χ1v) is 7.23. The van der Waals surface area contributed by atoms with Crippen molar-refractivity contribution in [1.29, 1.82) is 0 Å². The number of aryl methyl sites for hydroxylation is 1. The summed E-state index contributed by atoms with van der Waals surface area (Å²) in [7, 11) is 0. The molecule has 1 heterocycles. The van der Waals surface area contributed by atoms with Crippen LogP contribution < -0.4 is 5.32 Å². The molecule has 0 saturated carbocycles. The number of hydrogen-bond acceptors (Lipinski definition) is 4. The predicted molar refractivity (Wildman–Crippen MR) is 87.1 cm³/mol. The number of H-pyrrole nitrogens is 1. The van der Waals surface area contributed by atoms with Crippen LogP contribution in [0.15, 0.2) is 30.5 Å². The number of hydrogen-bond donors (Lipinski definition) is 2. The number of aromatic amines is 1. The summed E-state index contributed by atoms with van der Waals surface area (Å²) < 4.78 is 5.39. The average Bonchev–Trinajstić information content (AvgIpc) is 2.44. The molecule has 0 atom stereocenters. The molecule has 0 bridgehead atoms. The minimum Gasteiger partial charge on any atom is -0.462 e. The minimum atomic E-state index is -0.458. The van der Waals surface area contributed by atoms with E-state index >= 15 is 0 Å². The molecule has 2 N–H and O–H groups in total. The third kappa shape index (κ3) is 3.62. The number of halogens is 1.